The van der Waals surface area contributed by atoms with Crippen LogP contribution in [-0.4, -0.2) is 21.5 Å². The first-order chi connectivity index (χ1) is 8.16. The number of aryl methyl sites for hydroxylation is 1. The van der Waals surface area contributed by atoms with Crippen molar-refractivity contribution in [1.29, 1.82) is 0 Å². The minimum Gasteiger partial charge on any atom is -0.398 e. The first kappa shape index (κ1) is 11.9. The summed E-state index contributed by atoms with van der Waals surface area (Å²) >= 11 is 3.48. The van der Waals surface area contributed by atoms with E-state index in [-0.39, 0.29) is 0 Å². The van der Waals surface area contributed by atoms with Gasteiger partial charge in [0.15, 0.2) is 0 Å². The van der Waals surface area contributed by atoms with Crippen LogP contribution in [0.4, 0.5) is 11.4 Å². The van der Waals surface area contributed by atoms with Crippen molar-refractivity contribution < 1.29 is 0 Å². The summed E-state index contributed by atoms with van der Waals surface area (Å²) in [5.74, 6) is 0. The zero-order chi connectivity index (χ0) is 12.3. The molecule has 90 valence electrons. The Morgan fingerprint density at radius 1 is 1.47 bits per heavy atom. The van der Waals surface area contributed by atoms with E-state index >= 15 is 0 Å². The predicted octanol–water partition coefficient (Wildman–Crippen LogP) is 2.04. The Balaban J connectivity index is 1.97. The van der Waals surface area contributed by atoms with Gasteiger partial charge >= 0.3 is 0 Å². The van der Waals surface area contributed by atoms with Crippen LogP contribution >= 0.6 is 15.9 Å². The topological polar surface area (TPSA) is 68.8 Å². The van der Waals surface area contributed by atoms with E-state index in [2.05, 4.69) is 31.6 Å². The van der Waals surface area contributed by atoms with Crippen LogP contribution in [0.3, 0.4) is 0 Å². The van der Waals surface area contributed by atoms with Gasteiger partial charge in [-0.25, -0.2) is 0 Å². The van der Waals surface area contributed by atoms with Crippen molar-refractivity contribution in [3.63, 3.8) is 0 Å². The summed E-state index contributed by atoms with van der Waals surface area (Å²) in [4.78, 5) is 0. The molecule has 6 heteroatoms. The first-order valence-corrected chi connectivity index (χ1v) is 6.09. The van der Waals surface area contributed by atoms with Crippen molar-refractivity contribution in [2.24, 2.45) is 0 Å². The van der Waals surface area contributed by atoms with Crippen LogP contribution in [0.15, 0.2) is 29.0 Å². The molecule has 0 fully saturated rings. The fourth-order valence-corrected chi connectivity index (χ4v) is 1.99. The highest BCUT2D eigenvalue weighted by atomic mass is 79.9. The second-order valence-corrected chi connectivity index (χ2v) is 4.64. The SMILES string of the molecule is Cc1cc(NCCn2ccnn2)c(Br)cc1N. The molecule has 0 atom stereocenters. The maximum atomic E-state index is 5.82. The van der Waals surface area contributed by atoms with Crippen LogP contribution in [0.2, 0.25) is 0 Å². The quantitative estimate of drug-likeness (QED) is 0.847. The van der Waals surface area contributed by atoms with E-state index in [0.29, 0.717) is 0 Å². The summed E-state index contributed by atoms with van der Waals surface area (Å²) < 4.78 is 2.75. The fourth-order valence-electron chi connectivity index (χ4n) is 1.49. The Bertz CT molecular complexity index is 495. The minimum absolute atomic E-state index is 0.774. The molecule has 0 unspecified atom stereocenters. The van der Waals surface area contributed by atoms with Gasteiger partial charge in [0.1, 0.15) is 0 Å². The van der Waals surface area contributed by atoms with Crippen LogP contribution in [-0.2, 0) is 6.54 Å². The van der Waals surface area contributed by atoms with Crippen molar-refractivity contribution in [1.82, 2.24) is 15.0 Å². The molecule has 0 saturated carbocycles. The lowest BCUT2D eigenvalue weighted by Gasteiger charge is -2.11. The van der Waals surface area contributed by atoms with Crippen molar-refractivity contribution >= 4 is 27.3 Å². The highest BCUT2D eigenvalue weighted by Crippen LogP contribution is 2.27. The van der Waals surface area contributed by atoms with Gasteiger partial charge in [-0.1, -0.05) is 5.21 Å². The van der Waals surface area contributed by atoms with Crippen molar-refractivity contribution in [2.75, 3.05) is 17.6 Å². The molecule has 0 bridgehead atoms. The molecule has 0 spiro atoms. The molecule has 5 nitrogen and oxygen atoms in total. The summed E-state index contributed by atoms with van der Waals surface area (Å²) in [6.07, 6.45) is 3.51. The second kappa shape index (κ2) is 5.18. The van der Waals surface area contributed by atoms with Gasteiger partial charge in [-0.15, -0.1) is 5.10 Å². The van der Waals surface area contributed by atoms with Crippen LogP contribution < -0.4 is 11.1 Å². The molecule has 1 aromatic carbocycles. The number of hydrogen-bond donors (Lipinski definition) is 2. The Morgan fingerprint density at radius 3 is 3.00 bits per heavy atom. The number of nitrogens with one attached hydrogen (secondary N) is 1. The molecule has 1 aromatic heterocycles. The van der Waals surface area contributed by atoms with Gasteiger partial charge in [0.25, 0.3) is 0 Å². The fraction of sp³-hybridized carbons (Fsp3) is 0.273. The average Bonchev–Trinajstić information content (AvgIpc) is 2.78. The average molecular weight is 296 g/mol. The van der Waals surface area contributed by atoms with Gasteiger partial charge < -0.3 is 11.1 Å². The number of aromatic nitrogens is 3. The smallest absolute Gasteiger partial charge is 0.0692 e. The van der Waals surface area contributed by atoms with E-state index in [4.69, 9.17) is 5.73 Å². The van der Waals surface area contributed by atoms with Gasteiger partial charge in [-0.2, -0.15) is 0 Å². The number of benzene rings is 1. The third-order valence-electron chi connectivity index (χ3n) is 2.48. The summed E-state index contributed by atoms with van der Waals surface area (Å²) in [7, 11) is 0. The van der Waals surface area contributed by atoms with Gasteiger partial charge in [-0.05, 0) is 40.5 Å². The lowest BCUT2D eigenvalue weighted by atomic mass is 10.2. The van der Waals surface area contributed by atoms with Crippen LogP contribution in [0.1, 0.15) is 5.56 Å². The van der Waals surface area contributed by atoms with Crippen molar-refractivity contribution in [3.8, 4) is 0 Å². The number of rotatable bonds is 4. The molecule has 0 radical (unpaired) electrons. The van der Waals surface area contributed by atoms with Crippen LogP contribution in [0.25, 0.3) is 0 Å². The molecule has 1 heterocycles. The molecular formula is C11H14BrN5. The molecule has 0 aliphatic rings. The van der Waals surface area contributed by atoms with E-state index in [1.807, 2.05) is 25.3 Å². The Morgan fingerprint density at radius 2 is 2.29 bits per heavy atom. The molecule has 2 aromatic rings. The standard InChI is InChI=1S/C11H14BrN5/c1-8-6-11(9(12)7-10(8)13)14-2-4-17-5-3-15-16-17/h3,5-7,14H,2,4,13H2,1H3. The van der Waals surface area contributed by atoms with Crippen molar-refractivity contribution in [3.05, 3.63) is 34.6 Å². The maximum absolute atomic E-state index is 5.82. The molecular weight excluding hydrogens is 282 g/mol. The maximum Gasteiger partial charge on any atom is 0.0692 e. The highest BCUT2D eigenvalue weighted by Gasteiger charge is 2.03. The molecule has 3 N–H and O–H groups in total. The van der Waals surface area contributed by atoms with Crippen molar-refractivity contribution in [2.45, 2.75) is 13.5 Å². The summed E-state index contributed by atoms with van der Waals surface area (Å²) in [6.45, 7) is 3.55. The van der Waals surface area contributed by atoms with Crippen LogP contribution in [0.5, 0.6) is 0 Å². The van der Waals surface area contributed by atoms with E-state index in [1.165, 1.54) is 0 Å². The Labute approximate surface area is 108 Å². The zero-order valence-corrected chi connectivity index (χ0v) is 11.1. The molecule has 0 saturated heterocycles. The normalized spacial score (nSPS) is 10.5. The third kappa shape index (κ3) is 2.97. The first-order valence-electron chi connectivity index (χ1n) is 5.30. The van der Waals surface area contributed by atoms with Gasteiger partial charge in [0.2, 0.25) is 0 Å². The summed E-state index contributed by atoms with van der Waals surface area (Å²) in [6, 6.07) is 3.94. The van der Waals surface area contributed by atoms with Crippen LogP contribution in [0, 0.1) is 6.92 Å². The highest BCUT2D eigenvalue weighted by molar-refractivity contribution is 9.10. The van der Waals surface area contributed by atoms with E-state index in [0.717, 1.165) is 34.5 Å². The van der Waals surface area contributed by atoms with Gasteiger partial charge in [0.05, 0.1) is 12.7 Å². The molecule has 2 rings (SSSR count). The number of nitrogen functional groups attached to an aromatic ring is 1. The number of nitrogens with two attached hydrogens (primary N) is 1. The number of hydrogen-bond acceptors (Lipinski definition) is 4. The third-order valence-corrected chi connectivity index (χ3v) is 3.14. The summed E-state index contributed by atoms with van der Waals surface area (Å²) in [5, 5.41) is 11.0. The predicted molar refractivity (Wildman–Crippen MR) is 71.8 cm³/mol. The number of nitrogens with zero attached hydrogens (tertiary/aromatic N) is 3. The monoisotopic (exact) mass is 295 g/mol. The molecule has 17 heavy (non-hydrogen) atoms. The van der Waals surface area contributed by atoms with Gasteiger partial charge in [0, 0.05) is 28.6 Å². The molecule has 0 aliphatic heterocycles. The van der Waals surface area contributed by atoms with E-state index in [1.54, 1.807) is 10.9 Å². The largest absolute Gasteiger partial charge is 0.398 e. The zero-order valence-electron chi connectivity index (χ0n) is 9.52. The Kier molecular flexibility index (Phi) is 3.63. The van der Waals surface area contributed by atoms with E-state index < -0.39 is 0 Å². The minimum atomic E-state index is 0.774. The lowest BCUT2D eigenvalue weighted by molar-refractivity contribution is 0.609. The Hall–Kier alpha value is -1.56. The summed E-state index contributed by atoms with van der Waals surface area (Å²) in [5.41, 5.74) is 8.71. The lowest BCUT2D eigenvalue weighted by Crippen LogP contribution is -2.11. The molecule has 0 amide bonds. The molecule has 0 aliphatic carbocycles. The number of halogens is 1. The number of anilines is 2. The second-order valence-electron chi connectivity index (χ2n) is 3.78. The van der Waals surface area contributed by atoms with Gasteiger partial charge in [-0.3, -0.25) is 4.68 Å². The van der Waals surface area contributed by atoms with E-state index in [9.17, 15) is 0 Å².